The quantitative estimate of drug-likeness (QED) is 0.374. The van der Waals surface area contributed by atoms with Gasteiger partial charge < -0.3 is 14.8 Å². The second kappa shape index (κ2) is 11.2. The first-order chi connectivity index (χ1) is 15.9. The first kappa shape index (κ1) is 26.9. The maximum absolute atomic E-state index is 13.7. The van der Waals surface area contributed by atoms with Gasteiger partial charge in [-0.25, -0.2) is 8.42 Å². The molecular weight excluding hydrogens is 462 g/mol. The van der Waals surface area contributed by atoms with Gasteiger partial charge in [0.05, 0.1) is 24.8 Å². The molecule has 1 amide bonds. The third-order valence-electron chi connectivity index (χ3n) is 5.34. The monoisotopic (exact) mass is 493 g/mol. The number of para-hydroxylation sites is 1. The number of carbonyl (C=O) groups excluding carboxylic acids is 1. The number of hydrogen-bond donors (Lipinski definition) is 1. The lowest BCUT2D eigenvalue weighted by Gasteiger charge is -2.29. The van der Waals surface area contributed by atoms with Crippen molar-refractivity contribution in [3.8, 4) is 11.5 Å². The third-order valence-corrected chi connectivity index (χ3v) is 7.14. The summed E-state index contributed by atoms with van der Waals surface area (Å²) >= 11 is 0. The summed E-state index contributed by atoms with van der Waals surface area (Å²) < 4.78 is 38.8. The van der Waals surface area contributed by atoms with Gasteiger partial charge in [-0.2, -0.15) is 0 Å². The van der Waals surface area contributed by atoms with Gasteiger partial charge in [0.1, 0.15) is 18.0 Å². The van der Waals surface area contributed by atoms with Gasteiger partial charge in [0.2, 0.25) is 5.91 Å². The van der Waals surface area contributed by atoms with E-state index in [-0.39, 0.29) is 29.3 Å². The van der Waals surface area contributed by atoms with Crippen LogP contribution in [0.25, 0.3) is 0 Å². The summed E-state index contributed by atoms with van der Waals surface area (Å²) in [4.78, 5) is 23.3. The van der Waals surface area contributed by atoms with Crippen molar-refractivity contribution in [1.82, 2.24) is 5.32 Å². The molecule has 0 radical (unpaired) electrons. The summed E-state index contributed by atoms with van der Waals surface area (Å²) in [6, 6.07) is 9.22. The van der Waals surface area contributed by atoms with Crippen molar-refractivity contribution < 1.29 is 27.6 Å². The fraction of sp³-hybridized carbons (Fsp3) is 0.435. The molecule has 1 N–H and O–H groups in total. The predicted molar refractivity (Wildman–Crippen MR) is 129 cm³/mol. The molecule has 2 aromatic carbocycles. The van der Waals surface area contributed by atoms with Crippen LogP contribution in [0.2, 0.25) is 0 Å². The molecule has 0 bridgehead atoms. The fourth-order valence-corrected chi connectivity index (χ4v) is 5.29. The molecule has 34 heavy (non-hydrogen) atoms. The molecule has 10 nitrogen and oxygen atoms in total. The molecule has 186 valence electrons. The number of nitrogens with one attached hydrogen (secondary N) is 1. The van der Waals surface area contributed by atoms with Crippen LogP contribution in [0.4, 0.5) is 11.4 Å². The van der Waals surface area contributed by atoms with Crippen LogP contribution in [-0.2, 0) is 14.8 Å². The summed E-state index contributed by atoms with van der Waals surface area (Å²) in [5.74, 6) is 0.207. The minimum absolute atomic E-state index is 0.0437. The summed E-state index contributed by atoms with van der Waals surface area (Å²) in [7, 11) is -1.75. The number of sulfonamides is 1. The third kappa shape index (κ3) is 5.96. The topological polar surface area (TPSA) is 128 Å². The van der Waals surface area contributed by atoms with E-state index in [0.717, 1.165) is 16.4 Å². The Bertz CT molecular complexity index is 1130. The molecule has 11 heteroatoms. The number of ether oxygens (including phenoxy) is 2. The molecule has 0 aliphatic carbocycles. The Morgan fingerprint density at radius 1 is 1.06 bits per heavy atom. The number of rotatable bonds is 11. The van der Waals surface area contributed by atoms with E-state index in [1.165, 1.54) is 44.6 Å². The maximum Gasteiger partial charge on any atom is 0.289 e. The van der Waals surface area contributed by atoms with Gasteiger partial charge in [-0.05, 0) is 30.0 Å². The number of nitro benzene ring substituents is 1. The molecule has 0 unspecified atom stereocenters. The Kier molecular flexibility index (Phi) is 8.86. The van der Waals surface area contributed by atoms with Crippen LogP contribution in [0.15, 0.2) is 47.4 Å². The van der Waals surface area contributed by atoms with Gasteiger partial charge in [-0.3, -0.25) is 19.2 Å². The lowest BCUT2D eigenvalue weighted by molar-refractivity contribution is -0.387. The molecular formula is C23H31N3O7S. The van der Waals surface area contributed by atoms with Gasteiger partial charge in [0, 0.05) is 18.2 Å². The van der Waals surface area contributed by atoms with Gasteiger partial charge in [0.15, 0.2) is 4.90 Å². The standard InChI is InChI=1S/C23H31N3O7S/c1-15(2)23(16(3)4)24-22(27)14-25(18-12-11-17(32-5)13-20(18)33-6)34(30,31)21-10-8-7-9-19(21)26(28)29/h7-13,15-16,23H,14H2,1-6H3,(H,24,27). The van der Waals surface area contributed by atoms with Gasteiger partial charge in [-0.1, -0.05) is 39.8 Å². The Morgan fingerprint density at radius 3 is 2.21 bits per heavy atom. The highest BCUT2D eigenvalue weighted by Crippen LogP contribution is 2.37. The van der Waals surface area contributed by atoms with Gasteiger partial charge >= 0.3 is 0 Å². The molecule has 0 saturated heterocycles. The Morgan fingerprint density at radius 2 is 1.68 bits per heavy atom. The number of nitrogens with zero attached hydrogens (tertiary/aromatic N) is 2. The number of amides is 1. The highest BCUT2D eigenvalue weighted by molar-refractivity contribution is 7.93. The van der Waals surface area contributed by atoms with Crippen LogP contribution < -0.4 is 19.1 Å². The van der Waals surface area contributed by atoms with Crippen molar-refractivity contribution in [1.29, 1.82) is 0 Å². The van der Waals surface area contributed by atoms with E-state index in [9.17, 15) is 23.3 Å². The van der Waals surface area contributed by atoms with Crippen molar-refractivity contribution in [2.24, 2.45) is 11.8 Å². The maximum atomic E-state index is 13.7. The molecule has 0 aliphatic rings. The average Bonchev–Trinajstić information content (AvgIpc) is 2.80. The van der Waals surface area contributed by atoms with Crippen molar-refractivity contribution in [3.63, 3.8) is 0 Å². The number of methoxy groups -OCH3 is 2. The van der Waals surface area contributed by atoms with Gasteiger partial charge in [-0.15, -0.1) is 0 Å². The molecule has 0 atom stereocenters. The minimum atomic E-state index is -4.54. The van der Waals surface area contributed by atoms with E-state index in [1.54, 1.807) is 0 Å². The zero-order chi connectivity index (χ0) is 25.6. The molecule has 0 fully saturated rings. The van der Waals surface area contributed by atoms with Crippen LogP contribution in [0.5, 0.6) is 11.5 Å². The molecule has 0 aliphatic heterocycles. The van der Waals surface area contributed by atoms with Crippen molar-refractivity contribution in [2.45, 2.75) is 38.6 Å². The minimum Gasteiger partial charge on any atom is -0.497 e. The predicted octanol–water partition coefficient (Wildman–Crippen LogP) is 3.60. The summed E-state index contributed by atoms with van der Waals surface area (Å²) in [6.45, 7) is 7.23. The zero-order valence-electron chi connectivity index (χ0n) is 20.1. The normalized spacial score (nSPS) is 11.6. The molecule has 2 rings (SSSR count). The number of hydrogen-bond acceptors (Lipinski definition) is 7. The summed E-state index contributed by atoms with van der Waals surface area (Å²) in [6.07, 6.45) is 0. The summed E-state index contributed by atoms with van der Waals surface area (Å²) in [5.41, 5.74) is -0.551. The number of benzene rings is 2. The van der Waals surface area contributed by atoms with Crippen LogP contribution in [0.3, 0.4) is 0 Å². The van der Waals surface area contributed by atoms with Crippen LogP contribution in [0, 0.1) is 22.0 Å². The smallest absolute Gasteiger partial charge is 0.289 e. The average molecular weight is 494 g/mol. The molecule has 0 aromatic heterocycles. The Hall–Kier alpha value is -3.34. The van der Waals surface area contributed by atoms with E-state index < -0.39 is 38.0 Å². The lowest BCUT2D eigenvalue weighted by atomic mass is 9.93. The zero-order valence-corrected chi connectivity index (χ0v) is 21.0. The first-order valence-corrected chi connectivity index (χ1v) is 12.2. The van der Waals surface area contributed by atoms with Crippen LogP contribution in [0.1, 0.15) is 27.7 Å². The van der Waals surface area contributed by atoms with Crippen molar-refractivity contribution >= 4 is 27.3 Å². The molecule has 2 aromatic rings. The molecule has 0 saturated carbocycles. The number of nitro groups is 1. The van der Waals surface area contributed by atoms with E-state index in [2.05, 4.69) is 5.32 Å². The first-order valence-electron chi connectivity index (χ1n) is 10.7. The molecule has 0 spiro atoms. The highest BCUT2D eigenvalue weighted by atomic mass is 32.2. The van der Waals surface area contributed by atoms with E-state index in [0.29, 0.717) is 5.75 Å². The second-order valence-corrected chi connectivity index (χ2v) is 10.2. The van der Waals surface area contributed by atoms with Crippen LogP contribution in [-0.4, -0.2) is 46.1 Å². The van der Waals surface area contributed by atoms with Crippen LogP contribution >= 0.6 is 0 Å². The van der Waals surface area contributed by atoms with E-state index in [1.807, 2.05) is 27.7 Å². The fourth-order valence-electron chi connectivity index (χ4n) is 3.70. The second-order valence-electron chi connectivity index (χ2n) is 8.36. The van der Waals surface area contributed by atoms with Gasteiger partial charge in [0.25, 0.3) is 15.7 Å². The largest absolute Gasteiger partial charge is 0.497 e. The lowest BCUT2D eigenvalue weighted by Crippen LogP contribution is -2.48. The summed E-state index contributed by atoms with van der Waals surface area (Å²) in [5, 5.41) is 14.4. The Labute approximate surface area is 200 Å². The Balaban J connectivity index is 2.64. The van der Waals surface area contributed by atoms with Crippen molar-refractivity contribution in [2.75, 3.05) is 25.1 Å². The highest BCUT2D eigenvalue weighted by Gasteiger charge is 2.35. The van der Waals surface area contributed by atoms with Crippen molar-refractivity contribution in [3.05, 3.63) is 52.6 Å². The van der Waals surface area contributed by atoms with E-state index in [4.69, 9.17) is 9.47 Å². The number of anilines is 1. The SMILES string of the molecule is COc1ccc(N(CC(=O)NC(C(C)C)C(C)C)S(=O)(=O)c2ccccc2[N+](=O)[O-])c(OC)c1. The molecule has 0 heterocycles. The van der Waals surface area contributed by atoms with E-state index >= 15 is 0 Å². The number of carbonyl (C=O) groups is 1.